The molecule has 0 radical (unpaired) electrons. The molecule has 0 spiro atoms. The van der Waals surface area contributed by atoms with Gasteiger partial charge in [0, 0.05) is 42.0 Å². The molecule has 1 aromatic heterocycles. The van der Waals surface area contributed by atoms with Crippen molar-refractivity contribution >= 4 is 17.7 Å². The van der Waals surface area contributed by atoms with Crippen LogP contribution < -0.4 is 14.8 Å². The van der Waals surface area contributed by atoms with E-state index in [4.69, 9.17) is 14.2 Å². The summed E-state index contributed by atoms with van der Waals surface area (Å²) in [4.78, 5) is 14.4. The van der Waals surface area contributed by atoms with Gasteiger partial charge in [-0.3, -0.25) is 9.48 Å². The molecule has 2 heterocycles. The highest BCUT2D eigenvalue weighted by Gasteiger charge is 2.34. The summed E-state index contributed by atoms with van der Waals surface area (Å²) in [5, 5.41) is 7.72. The van der Waals surface area contributed by atoms with Crippen molar-refractivity contribution in [2.75, 3.05) is 34.0 Å². The number of carbonyl (C=O) groups is 1. The van der Waals surface area contributed by atoms with E-state index >= 15 is 0 Å². The highest BCUT2D eigenvalue weighted by molar-refractivity contribution is 8.00. The molecular formula is C25H29N3O4S. The fourth-order valence-corrected chi connectivity index (χ4v) is 5.26. The first-order valence-corrected chi connectivity index (χ1v) is 11.7. The summed E-state index contributed by atoms with van der Waals surface area (Å²) in [7, 11) is 5.00. The van der Waals surface area contributed by atoms with Gasteiger partial charge in [0.15, 0.2) is 0 Å². The van der Waals surface area contributed by atoms with E-state index in [1.807, 2.05) is 48.2 Å². The van der Waals surface area contributed by atoms with Gasteiger partial charge in [-0.1, -0.05) is 18.2 Å². The zero-order chi connectivity index (χ0) is 23.3. The molecule has 1 amide bonds. The molecule has 1 fully saturated rings. The number of aromatic nitrogens is 2. The molecule has 8 heteroatoms. The Balaban J connectivity index is 1.52. The standard InChI is InChI=1S/C25H29N3O4S/c1-28-22(16-21(27-28)20-15-18(30-2)9-10-23(20)31-3)24(29)26-17-25(11-13-32-14-12-25)33-19-7-5-4-6-8-19/h4-10,15-16H,11-14,17H2,1-3H3,(H,26,29). The summed E-state index contributed by atoms with van der Waals surface area (Å²) in [6.07, 6.45) is 1.76. The van der Waals surface area contributed by atoms with Crippen molar-refractivity contribution in [3.63, 3.8) is 0 Å². The molecule has 7 nitrogen and oxygen atoms in total. The Morgan fingerprint density at radius 1 is 1.12 bits per heavy atom. The van der Waals surface area contributed by atoms with Crippen molar-refractivity contribution in [2.45, 2.75) is 22.5 Å². The van der Waals surface area contributed by atoms with Crippen LogP contribution in [-0.4, -0.2) is 54.4 Å². The number of hydrogen-bond donors (Lipinski definition) is 1. The van der Waals surface area contributed by atoms with Crippen molar-refractivity contribution in [1.82, 2.24) is 15.1 Å². The number of benzene rings is 2. The minimum absolute atomic E-state index is 0.104. The number of carbonyl (C=O) groups excluding carboxylic acids is 1. The van der Waals surface area contributed by atoms with E-state index < -0.39 is 0 Å². The van der Waals surface area contributed by atoms with E-state index in [0.717, 1.165) is 18.4 Å². The van der Waals surface area contributed by atoms with E-state index in [2.05, 4.69) is 22.5 Å². The minimum atomic E-state index is -0.155. The molecule has 33 heavy (non-hydrogen) atoms. The number of rotatable bonds is 8. The molecule has 0 bridgehead atoms. The summed E-state index contributed by atoms with van der Waals surface area (Å²) in [5.41, 5.74) is 1.91. The molecule has 3 aromatic rings. The Morgan fingerprint density at radius 2 is 1.88 bits per heavy atom. The minimum Gasteiger partial charge on any atom is -0.497 e. The number of ether oxygens (including phenoxy) is 3. The predicted molar refractivity (Wildman–Crippen MR) is 129 cm³/mol. The van der Waals surface area contributed by atoms with Gasteiger partial charge in [0.05, 0.1) is 19.9 Å². The smallest absolute Gasteiger partial charge is 0.269 e. The van der Waals surface area contributed by atoms with Gasteiger partial charge in [-0.05, 0) is 49.2 Å². The maximum atomic E-state index is 13.2. The quantitative estimate of drug-likeness (QED) is 0.536. The second kappa shape index (κ2) is 10.3. The topological polar surface area (TPSA) is 74.6 Å². The Labute approximate surface area is 198 Å². The first-order valence-electron chi connectivity index (χ1n) is 10.9. The fourth-order valence-electron chi connectivity index (χ4n) is 3.95. The second-order valence-corrected chi connectivity index (χ2v) is 9.54. The van der Waals surface area contributed by atoms with Gasteiger partial charge in [0.2, 0.25) is 0 Å². The Hall–Kier alpha value is -2.97. The average Bonchev–Trinajstić information content (AvgIpc) is 3.25. The lowest BCUT2D eigenvalue weighted by Gasteiger charge is -2.36. The molecule has 1 aliphatic heterocycles. The summed E-state index contributed by atoms with van der Waals surface area (Å²) in [6.45, 7) is 1.94. The van der Waals surface area contributed by atoms with E-state index in [1.54, 1.807) is 32.0 Å². The number of amides is 1. The van der Waals surface area contributed by atoms with Crippen molar-refractivity contribution in [3.05, 3.63) is 60.3 Å². The molecular weight excluding hydrogens is 438 g/mol. The van der Waals surface area contributed by atoms with Crippen LogP contribution in [0.5, 0.6) is 11.5 Å². The van der Waals surface area contributed by atoms with E-state index in [1.165, 1.54) is 4.90 Å². The zero-order valence-corrected chi connectivity index (χ0v) is 20.0. The average molecular weight is 468 g/mol. The van der Waals surface area contributed by atoms with Crippen LogP contribution >= 0.6 is 11.8 Å². The van der Waals surface area contributed by atoms with Crippen molar-refractivity contribution in [1.29, 1.82) is 0 Å². The number of hydrogen-bond acceptors (Lipinski definition) is 6. The second-order valence-electron chi connectivity index (χ2n) is 8.00. The number of thioether (sulfide) groups is 1. The lowest BCUT2D eigenvalue weighted by molar-refractivity contribution is 0.0739. The molecule has 2 aromatic carbocycles. The normalized spacial score (nSPS) is 15.1. The molecule has 174 valence electrons. The first kappa shape index (κ1) is 23.2. The van der Waals surface area contributed by atoms with Crippen molar-refractivity contribution in [2.24, 2.45) is 7.05 Å². The summed E-state index contributed by atoms with van der Waals surface area (Å²) in [5.74, 6) is 1.21. The molecule has 1 aliphatic rings. The molecule has 4 rings (SSSR count). The third kappa shape index (κ3) is 5.34. The van der Waals surface area contributed by atoms with Crippen LogP contribution in [0.25, 0.3) is 11.3 Å². The number of nitrogens with one attached hydrogen (secondary N) is 1. The monoisotopic (exact) mass is 467 g/mol. The number of aryl methyl sites for hydroxylation is 1. The summed E-state index contributed by atoms with van der Waals surface area (Å²) >= 11 is 1.82. The third-order valence-corrected chi connectivity index (χ3v) is 7.34. The number of nitrogens with zero attached hydrogens (tertiary/aromatic N) is 2. The van der Waals surface area contributed by atoms with Crippen LogP contribution in [0.15, 0.2) is 59.5 Å². The molecule has 1 saturated heterocycles. The maximum absolute atomic E-state index is 13.2. The number of methoxy groups -OCH3 is 2. The first-order chi connectivity index (χ1) is 16.0. The van der Waals surface area contributed by atoms with Gasteiger partial charge < -0.3 is 19.5 Å². The van der Waals surface area contributed by atoms with Gasteiger partial charge in [-0.25, -0.2) is 0 Å². The third-order valence-electron chi connectivity index (χ3n) is 5.85. The Bertz CT molecular complexity index is 1090. The van der Waals surface area contributed by atoms with Gasteiger partial charge in [-0.15, -0.1) is 11.8 Å². The molecule has 0 unspecified atom stereocenters. The van der Waals surface area contributed by atoms with Crippen LogP contribution in [0.2, 0.25) is 0 Å². The SMILES string of the molecule is COc1ccc(OC)c(-c2cc(C(=O)NCC3(Sc4ccccc4)CCOCC3)n(C)n2)c1. The summed E-state index contributed by atoms with van der Waals surface area (Å²) in [6, 6.07) is 17.6. The van der Waals surface area contributed by atoms with E-state index in [9.17, 15) is 4.79 Å². The fraction of sp³-hybridized carbons (Fsp3) is 0.360. The highest BCUT2D eigenvalue weighted by Crippen LogP contribution is 2.40. The van der Waals surface area contributed by atoms with Gasteiger partial charge in [0.25, 0.3) is 5.91 Å². The van der Waals surface area contributed by atoms with Crippen LogP contribution in [-0.2, 0) is 11.8 Å². The largest absolute Gasteiger partial charge is 0.497 e. The van der Waals surface area contributed by atoms with Gasteiger partial charge >= 0.3 is 0 Å². The van der Waals surface area contributed by atoms with Crippen LogP contribution in [0.4, 0.5) is 0 Å². The van der Waals surface area contributed by atoms with Gasteiger partial charge in [0.1, 0.15) is 17.2 Å². The van der Waals surface area contributed by atoms with Crippen LogP contribution in [0, 0.1) is 0 Å². The lowest BCUT2D eigenvalue weighted by atomic mass is 9.99. The van der Waals surface area contributed by atoms with E-state index in [0.29, 0.717) is 42.6 Å². The maximum Gasteiger partial charge on any atom is 0.269 e. The van der Waals surface area contributed by atoms with Crippen molar-refractivity contribution in [3.8, 4) is 22.8 Å². The predicted octanol–water partition coefficient (Wildman–Crippen LogP) is 4.18. The molecule has 0 atom stereocenters. The molecule has 0 saturated carbocycles. The lowest BCUT2D eigenvalue weighted by Crippen LogP contribution is -2.44. The molecule has 0 aliphatic carbocycles. The van der Waals surface area contributed by atoms with Crippen molar-refractivity contribution < 1.29 is 19.0 Å². The van der Waals surface area contributed by atoms with Crippen LogP contribution in [0.3, 0.4) is 0 Å². The van der Waals surface area contributed by atoms with E-state index in [-0.39, 0.29) is 10.7 Å². The summed E-state index contributed by atoms with van der Waals surface area (Å²) < 4.78 is 17.9. The molecule has 1 N–H and O–H groups in total. The van der Waals surface area contributed by atoms with Gasteiger partial charge in [-0.2, -0.15) is 5.10 Å². The highest BCUT2D eigenvalue weighted by atomic mass is 32.2. The zero-order valence-electron chi connectivity index (χ0n) is 19.2. The Morgan fingerprint density at radius 3 is 2.58 bits per heavy atom. The Kier molecular flexibility index (Phi) is 7.25. The van der Waals surface area contributed by atoms with Crippen LogP contribution in [0.1, 0.15) is 23.3 Å².